The fourth-order valence-corrected chi connectivity index (χ4v) is 4.00. The molecule has 1 fully saturated rings. The zero-order chi connectivity index (χ0) is 14.6. The lowest BCUT2D eigenvalue weighted by Gasteiger charge is -2.18. The summed E-state index contributed by atoms with van der Waals surface area (Å²) in [4.78, 5) is 0.350. The lowest BCUT2D eigenvalue weighted by molar-refractivity contribution is 0.581. The molecule has 1 aromatic rings. The maximum absolute atomic E-state index is 12.3. The summed E-state index contributed by atoms with van der Waals surface area (Å²) in [6, 6.07) is 7.49. The molecular formula is C14H22N2O2S2. The number of thioether (sulfide) groups is 1. The van der Waals surface area contributed by atoms with Crippen LogP contribution in [-0.4, -0.2) is 32.5 Å². The van der Waals surface area contributed by atoms with Crippen molar-refractivity contribution in [2.75, 3.05) is 17.3 Å². The minimum atomic E-state index is -3.41. The molecule has 0 aromatic heterocycles. The van der Waals surface area contributed by atoms with Crippen LogP contribution in [-0.2, 0) is 10.0 Å². The van der Waals surface area contributed by atoms with Gasteiger partial charge >= 0.3 is 0 Å². The van der Waals surface area contributed by atoms with E-state index in [1.54, 1.807) is 23.9 Å². The zero-order valence-corrected chi connectivity index (χ0v) is 13.6. The van der Waals surface area contributed by atoms with E-state index < -0.39 is 10.0 Å². The Morgan fingerprint density at radius 3 is 2.70 bits per heavy atom. The Bertz CT molecular complexity index is 542. The lowest BCUT2D eigenvalue weighted by atomic mass is 10.2. The highest BCUT2D eigenvalue weighted by Gasteiger charge is 2.29. The van der Waals surface area contributed by atoms with E-state index in [1.165, 1.54) is 0 Å². The Morgan fingerprint density at radius 1 is 1.35 bits per heavy atom. The minimum absolute atomic E-state index is 0.127. The third-order valence-electron chi connectivity index (χ3n) is 3.23. The Hall–Kier alpha value is -0.720. The molecule has 0 radical (unpaired) electrons. The summed E-state index contributed by atoms with van der Waals surface area (Å²) in [5.41, 5.74) is 0.689. The first kappa shape index (κ1) is 15.7. The SMILES string of the molecule is CSCCC(C)Nc1ccccc1S(=O)(=O)NC1CC1. The van der Waals surface area contributed by atoms with Crippen molar-refractivity contribution in [3.05, 3.63) is 24.3 Å². The Balaban J connectivity index is 2.12. The molecule has 2 N–H and O–H groups in total. The number of benzene rings is 1. The van der Waals surface area contributed by atoms with Gasteiger partial charge in [0.1, 0.15) is 4.90 Å². The van der Waals surface area contributed by atoms with E-state index in [4.69, 9.17) is 0 Å². The second-order valence-corrected chi connectivity index (χ2v) is 7.89. The van der Waals surface area contributed by atoms with E-state index in [-0.39, 0.29) is 12.1 Å². The first-order valence-corrected chi connectivity index (χ1v) is 9.77. The van der Waals surface area contributed by atoms with E-state index in [0.29, 0.717) is 10.6 Å². The van der Waals surface area contributed by atoms with E-state index in [9.17, 15) is 8.42 Å². The number of nitrogens with one attached hydrogen (secondary N) is 2. The topological polar surface area (TPSA) is 58.2 Å². The third kappa shape index (κ3) is 4.40. The summed E-state index contributed by atoms with van der Waals surface area (Å²) in [5.74, 6) is 1.06. The molecule has 0 aliphatic heterocycles. The molecule has 0 saturated heterocycles. The molecule has 4 nitrogen and oxygen atoms in total. The molecule has 112 valence electrons. The third-order valence-corrected chi connectivity index (χ3v) is 5.46. The van der Waals surface area contributed by atoms with E-state index in [2.05, 4.69) is 23.2 Å². The van der Waals surface area contributed by atoms with Crippen LogP contribution in [0, 0.1) is 0 Å². The van der Waals surface area contributed by atoms with E-state index >= 15 is 0 Å². The van der Waals surface area contributed by atoms with Crippen molar-refractivity contribution in [3.63, 3.8) is 0 Å². The first-order chi connectivity index (χ1) is 9.53. The molecule has 1 aliphatic carbocycles. The van der Waals surface area contributed by atoms with Gasteiger partial charge in [-0.25, -0.2) is 13.1 Å². The average molecular weight is 314 g/mol. The van der Waals surface area contributed by atoms with Crippen molar-refractivity contribution in [1.82, 2.24) is 4.72 Å². The van der Waals surface area contributed by atoms with Crippen LogP contribution in [0.15, 0.2) is 29.2 Å². The highest BCUT2D eigenvalue weighted by atomic mass is 32.2. The summed E-state index contributed by atoms with van der Waals surface area (Å²) >= 11 is 1.80. The van der Waals surface area contributed by atoms with Gasteiger partial charge in [-0.15, -0.1) is 0 Å². The van der Waals surface area contributed by atoms with Crippen LogP contribution in [0.1, 0.15) is 26.2 Å². The maximum Gasteiger partial charge on any atom is 0.242 e. The van der Waals surface area contributed by atoms with Gasteiger partial charge in [0.15, 0.2) is 0 Å². The quantitative estimate of drug-likeness (QED) is 0.774. The van der Waals surface area contributed by atoms with Gasteiger partial charge in [-0.2, -0.15) is 11.8 Å². The molecular weight excluding hydrogens is 292 g/mol. The van der Waals surface area contributed by atoms with Crippen molar-refractivity contribution >= 4 is 27.5 Å². The number of rotatable bonds is 8. The number of anilines is 1. The van der Waals surface area contributed by atoms with Crippen molar-refractivity contribution in [2.24, 2.45) is 0 Å². The van der Waals surface area contributed by atoms with Crippen molar-refractivity contribution in [1.29, 1.82) is 0 Å². The molecule has 0 amide bonds. The fourth-order valence-electron chi connectivity index (χ4n) is 1.94. The number of hydrogen-bond acceptors (Lipinski definition) is 4. The number of para-hydroxylation sites is 1. The monoisotopic (exact) mass is 314 g/mol. The van der Waals surface area contributed by atoms with Crippen molar-refractivity contribution in [3.8, 4) is 0 Å². The molecule has 1 saturated carbocycles. The summed E-state index contributed by atoms with van der Waals surface area (Å²) in [6.45, 7) is 2.08. The summed E-state index contributed by atoms with van der Waals surface area (Å²) in [6.07, 6.45) is 4.97. The molecule has 1 aliphatic rings. The molecule has 1 aromatic carbocycles. The normalized spacial score (nSPS) is 16.9. The highest BCUT2D eigenvalue weighted by Crippen LogP contribution is 2.26. The Labute approximate surface area is 125 Å². The molecule has 0 spiro atoms. The van der Waals surface area contributed by atoms with Crippen molar-refractivity contribution in [2.45, 2.75) is 43.2 Å². The van der Waals surface area contributed by atoms with Crippen LogP contribution in [0.25, 0.3) is 0 Å². The second kappa shape index (κ2) is 6.83. The van der Waals surface area contributed by atoms with Crippen molar-refractivity contribution < 1.29 is 8.42 Å². The predicted octanol–water partition coefficient (Wildman–Crippen LogP) is 2.68. The van der Waals surface area contributed by atoms with E-state index in [0.717, 1.165) is 25.0 Å². The summed E-state index contributed by atoms with van der Waals surface area (Å²) in [7, 11) is -3.41. The summed E-state index contributed by atoms with van der Waals surface area (Å²) < 4.78 is 27.4. The average Bonchev–Trinajstić information content (AvgIpc) is 3.20. The molecule has 6 heteroatoms. The van der Waals surface area contributed by atoms with Gasteiger partial charge in [0, 0.05) is 12.1 Å². The summed E-state index contributed by atoms with van der Waals surface area (Å²) in [5, 5.41) is 3.31. The number of sulfonamides is 1. The molecule has 1 atom stereocenters. The lowest BCUT2D eigenvalue weighted by Crippen LogP contribution is -2.27. The highest BCUT2D eigenvalue weighted by molar-refractivity contribution is 7.98. The number of hydrogen-bond donors (Lipinski definition) is 2. The van der Waals surface area contributed by atoms with Gasteiger partial charge in [-0.3, -0.25) is 0 Å². The van der Waals surface area contributed by atoms with Gasteiger partial charge in [-0.1, -0.05) is 12.1 Å². The Kier molecular flexibility index (Phi) is 5.35. The maximum atomic E-state index is 12.3. The molecule has 2 rings (SSSR count). The molecule has 1 unspecified atom stereocenters. The van der Waals surface area contributed by atoms with Gasteiger partial charge in [0.2, 0.25) is 10.0 Å². The van der Waals surface area contributed by atoms with Crippen LogP contribution < -0.4 is 10.0 Å². The second-order valence-electron chi connectivity index (χ2n) is 5.22. The van der Waals surface area contributed by atoms with Crippen LogP contribution in [0.5, 0.6) is 0 Å². The van der Waals surface area contributed by atoms with Gasteiger partial charge < -0.3 is 5.32 Å². The predicted molar refractivity (Wildman–Crippen MR) is 85.9 cm³/mol. The first-order valence-electron chi connectivity index (χ1n) is 6.90. The van der Waals surface area contributed by atoms with Crippen LogP contribution >= 0.6 is 11.8 Å². The zero-order valence-electron chi connectivity index (χ0n) is 11.9. The van der Waals surface area contributed by atoms with Gasteiger partial charge in [0.25, 0.3) is 0 Å². The largest absolute Gasteiger partial charge is 0.381 e. The van der Waals surface area contributed by atoms with Gasteiger partial charge in [0.05, 0.1) is 5.69 Å². The molecule has 0 bridgehead atoms. The van der Waals surface area contributed by atoms with Gasteiger partial charge in [-0.05, 0) is 50.3 Å². The molecule has 0 heterocycles. The minimum Gasteiger partial charge on any atom is -0.381 e. The smallest absolute Gasteiger partial charge is 0.242 e. The van der Waals surface area contributed by atoms with Crippen LogP contribution in [0.3, 0.4) is 0 Å². The van der Waals surface area contributed by atoms with Crippen LogP contribution in [0.4, 0.5) is 5.69 Å². The van der Waals surface area contributed by atoms with Crippen LogP contribution in [0.2, 0.25) is 0 Å². The standard InChI is InChI=1S/C14H22N2O2S2/c1-11(9-10-19-2)15-13-5-3-4-6-14(13)20(17,18)16-12-7-8-12/h3-6,11-12,15-16H,7-10H2,1-2H3. The molecule has 20 heavy (non-hydrogen) atoms. The van der Waals surface area contributed by atoms with E-state index in [1.807, 2.05) is 12.1 Å². The fraction of sp³-hybridized carbons (Fsp3) is 0.571. The Morgan fingerprint density at radius 2 is 2.05 bits per heavy atom.